The summed E-state index contributed by atoms with van der Waals surface area (Å²) in [5.41, 5.74) is 5.95. The van der Waals surface area contributed by atoms with E-state index in [1.807, 2.05) is 60.7 Å². The molecule has 2 aliphatic rings. The van der Waals surface area contributed by atoms with Crippen LogP contribution in [0.1, 0.15) is 47.1 Å². The number of aliphatic carboxylic acids is 1. The van der Waals surface area contributed by atoms with E-state index < -0.39 is 21.9 Å². The molecular weight excluding hydrogens is 556 g/mol. The third kappa shape index (κ3) is 4.93. The summed E-state index contributed by atoms with van der Waals surface area (Å²) >= 11 is 0. The SMILES string of the molecule is CCn1nnc2c(C)c([C@H](CC(=O)O)c3ccc(C)c(CN4CC5COCCN5c5ncccc5S4(=O)=O)c3)ccc21. The van der Waals surface area contributed by atoms with Crippen molar-refractivity contribution in [3.05, 3.63) is 76.5 Å². The monoisotopic (exact) mass is 590 g/mol. The van der Waals surface area contributed by atoms with Gasteiger partial charge in [-0.05, 0) is 66.8 Å². The van der Waals surface area contributed by atoms with Crippen molar-refractivity contribution in [2.45, 2.75) is 57.1 Å². The third-order valence-electron chi connectivity index (χ3n) is 8.44. The zero-order valence-electron chi connectivity index (χ0n) is 23.9. The number of morpholine rings is 1. The largest absolute Gasteiger partial charge is 0.481 e. The molecule has 11 nitrogen and oxygen atoms in total. The average Bonchev–Trinajstić information content (AvgIpc) is 3.38. The Kier molecular flexibility index (Phi) is 7.46. The number of carbonyl (C=O) groups is 1. The predicted octanol–water partition coefficient (Wildman–Crippen LogP) is 3.48. The van der Waals surface area contributed by atoms with Crippen LogP contribution < -0.4 is 4.90 Å². The Morgan fingerprint density at radius 1 is 1.19 bits per heavy atom. The van der Waals surface area contributed by atoms with Gasteiger partial charge < -0.3 is 14.7 Å². The van der Waals surface area contributed by atoms with Crippen LogP contribution in [0.5, 0.6) is 0 Å². The van der Waals surface area contributed by atoms with Crippen molar-refractivity contribution < 1.29 is 23.1 Å². The Morgan fingerprint density at radius 2 is 2.02 bits per heavy atom. The minimum absolute atomic E-state index is 0.119. The maximum absolute atomic E-state index is 14.0. The fraction of sp³-hybridized carbons (Fsp3) is 0.400. The van der Waals surface area contributed by atoms with Crippen LogP contribution in [0.4, 0.5) is 5.82 Å². The summed E-state index contributed by atoms with van der Waals surface area (Å²) < 4.78 is 37.0. The maximum atomic E-state index is 14.0. The van der Waals surface area contributed by atoms with Gasteiger partial charge in [0.1, 0.15) is 16.2 Å². The number of rotatable bonds is 7. The number of sulfonamides is 1. The van der Waals surface area contributed by atoms with Gasteiger partial charge in [-0.15, -0.1) is 5.10 Å². The molecule has 4 heterocycles. The van der Waals surface area contributed by atoms with E-state index in [9.17, 15) is 18.3 Å². The molecule has 4 aromatic rings. The molecule has 2 aromatic heterocycles. The molecule has 0 radical (unpaired) electrons. The van der Waals surface area contributed by atoms with E-state index in [0.717, 1.165) is 38.9 Å². The second-order valence-electron chi connectivity index (χ2n) is 10.9. The normalized spacial score (nSPS) is 19.2. The van der Waals surface area contributed by atoms with Crippen LogP contribution in [-0.2, 0) is 32.6 Å². The van der Waals surface area contributed by atoms with Gasteiger partial charge in [-0.2, -0.15) is 4.31 Å². The minimum Gasteiger partial charge on any atom is -0.481 e. The quantitative estimate of drug-likeness (QED) is 0.344. The summed E-state index contributed by atoms with van der Waals surface area (Å²) in [6.07, 6.45) is 1.50. The van der Waals surface area contributed by atoms with E-state index in [-0.39, 0.29) is 30.4 Å². The van der Waals surface area contributed by atoms with Gasteiger partial charge in [0.05, 0.1) is 31.2 Å². The molecule has 6 rings (SSSR count). The number of hydrogen-bond donors (Lipinski definition) is 1. The third-order valence-corrected chi connectivity index (χ3v) is 10.3. The average molecular weight is 591 g/mol. The minimum atomic E-state index is -3.87. The molecule has 1 unspecified atom stereocenters. The topological polar surface area (TPSA) is 131 Å². The van der Waals surface area contributed by atoms with E-state index in [1.165, 1.54) is 4.31 Å². The molecule has 0 saturated carbocycles. The van der Waals surface area contributed by atoms with Crippen LogP contribution in [-0.4, -0.2) is 76.1 Å². The Bertz CT molecular complexity index is 1770. The zero-order chi connectivity index (χ0) is 29.6. The highest BCUT2D eigenvalue weighted by Crippen LogP contribution is 2.36. The molecule has 220 valence electrons. The van der Waals surface area contributed by atoms with Gasteiger partial charge in [0.25, 0.3) is 0 Å². The van der Waals surface area contributed by atoms with Crippen molar-refractivity contribution in [3.63, 3.8) is 0 Å². The number of fused-ring (bicyclic) bond motifs is 4. The first-order valence-electron chi connectivity index (χ1n) is 14.1. The van der Waals surface area contributed by atoms with E-state index in [2.05, 4.69) is 15.3 Å². The van der Waals surface area contributed by atoms with Crippen LogP contribution >= 0.6 is 0 Å². The van der Waals surface area contributed by atoms with Crippen molar-refractivity contribution in [1.82, 2.24) is 24.3 Å². The Morgan fingerprint density at radius 3 is 2.81 bits per heavy atom. The molecule has 2 atom stereocenters. The van der Waals surface area contributed by atoms with Gasteiger partial charge in [-0.3, -0.25) is 4.79 Å². The van der Waals surface area contributed by atoms with Crippen LogP contribution in [0.25, 0.3) is 11.0 Å². The fourth-order valence-corrected chi connectivity index (χ4v) is 7.76. The van der Waals surface area contributed by atoms with Gasteiger partial charge in [0, 0.05) is 38.3 Å². The lowest BCUT2D eigenvalue weighted by Crippen LogP contribution is -2.50. The van der Waals surface area contributed by atoms with Gasteiger partial charge in [-0.1, -0.05) is 29.5 Å². The lowest BCUT2D eigenvalue weighted by molar-refractivity contribution is -0.137. The number of hydrogen-bond acceptors (Lipinski definition) is 8. The molecule has 0 amide bonds. The molecule has 1 N–H and O–H groups in total. The molecule has 1 saturated heterocycles. The lowest BCUT2D eigenvalue weighted by atomic mass is 9.84. The molecule has 2 aromatic carbocycles. The Labute approximate surface area is 244 Å². The van der Waals surface area contributed by atoms with Gasteiger partial charge in [0.2, 0.25) is 10.0 Å². The standard InChI is InChI=1S/C30H34N6O5S/c1-4-36-26-10-9-24(20(3)29(26)32-33-36)25(15-28(37)38)21-8-7-19(2)22(14-21)16-34-17-23-18-41-13-12-35(23)30-27(42(34,39)40)6-5-11-31-30/h5-11,14,23,25H,4,12-13,15-18H2,1-3H3,(H,37,38)/t23?,25-/m1/s1. The van der Waals surface area contributed by atoms with Crippen molar-refractivity contribution in [2.24, 2.45) is 0 Å². The van der Waals surface area contributed by atoms with Crippen LogP contribution in [0.3, 0.4) is 0 Å². The summed E-state index contributed by atoms with van der Waals surface area (Å²) in [6.45, 7) is 8.46. The first-order valence-corrected chi connectivity index (χ1v) is 15.6. The number of benzene rings is 2. The molecule has 0 aliphatic carbocycles. The molecule has 0 spiro atoms. The second-order valence-corrected chi connectivity index (χ2v) is 12.8. The highest BCUT2D eigenvalue weighted by molar-refractivity contribution is 7.89. The second kappa shape index (κ2) is 11.1. The van der Waals surface area contributed by atoms with Crippen LogP contribution in [0.2, 0.25) is 0 Å². The molecular formula is C30H34N6O5S. The Hall–Kier alpha value is -3.87. The Balaban J connectivity index is 1.40. The molecule has 2 aliphatic heterocycles. The molecule has 42 heavy (non-hydrogen) atoms. The lowest BCUT2D eigenvalue weighted by Gasteiger charge is -2.36. The zero-order valence-corrected chi connectivity index (χ0v) is 24.7. The highest BCUT2D eigenvalue weighted by Gasteiger charge is 2.39. The smallest absolute Gasteiger partial charge is 0.304 e. The number of anilines is 1. The van der Waals surface area contributed by atoms with Crippen molar-refractivity contribution in [3.8, 4) is 0 Å². The summed E-state index contributed by atoms with van der Waals surface area (Å²) in [7, 11) is -3.87. The van der Waals surface area contributed by atoms with Crippen LogP contribution in [0, 0.1) is 13.8 Å². The van der Waals surface area contributed by atoms with E-state index in [0.29, 0.717) is 32.1 Å². The highest BCUT2D eigenvalue weighted by atomic mass is 32.2. The first-order chi connectivity index (χ1) is 20.2. The van der Waals surface area contributed by atoms with E-state index in [4.69, 9.17) is 4.74 Å². The van der Waals surface area contributed by atoms with Crippen LogP contribution in [0.15, 0.2) is 53.6 Å². The van der Waals surface area contributed by atoms with Gasteiger partial charge in [0.15, 0.2) is 0 Å². The fourth-order valence-electron chi connectivity index (χ4n) is 6.15. The molecule has 1 fully saturated rings. The summed E-state index contributed by atoms with van der Waals surface area (Å²) in [5, 5.41) is 18.5. The van der Waals surface area contributed by atoms with Crippen molar-refractivity contribution in [2.75, 3.05) is 31.2 Å². The number of aryl methyl sites for hydroxylation is 3. The predicted molar refractivity (Wildman–Crippen MR) is 157 cm³/mol. The molecule has 0 bridgehead atoms. The number of nitrogens with zero attached hydrogens (tertiary/aromatic N) is 6. The molecule has 12 heteroatoms. The van der Waals surface area contributed by atoms with Gasteiger partial charge >= 0.3 is 5.97 Å². The van der Waals surface area contributed by atoms with E-state index >= 15 is 0 Å². The van der Waals surface area contributed by atoms with Crippen molar-refractivity contribution in [1.29, 1.82) is 0 Å². The maximum Gasteiger partial charge on any atom is 0.304 e. The van der Waals surface area contributed by atoms with Crippen molar-refractivity contribution >= 4 is 32.8 Å². The van der Waals surface area contributed by atoms with Gasteiger partial charge in [-0.25, -0.2) is 18.1 Å². The van der Waals surface area contributed by atoms with E-state index in [1.54, 1.807) is 18.3 Å². The summed E-state index contributed by atoms with van der Waals surface area (Å²) in [4.78, 5) is 18.8. The number of ether oxygens (including phenoxy) is 1. The summed E-state index contributed by atoms with van der Waals surface area (Å²) in [6, 6.07) is 12.8. The summed E-state index contributed by atoms with van der Waals surface area (Å²) in [5.74, 6) is -0.910. The first kappa shape index (κ1) is 28.3. The number of aromatic nitrogens is 4. The number of carboxylic acids is 1. The number of pyridine rings is 1. The number of carboxylic acid groups (broad SMARTS) is 1.